The van der Waals surface area contributed by atoms with Crippen LogP contribution in [0.25, 0.3) is 22.3 Å². The second-order valence-electron chi connectivity index (χ2n) is 16.9. The van der Waals surface area contributed by atoms with Crippen LogP contribution >= 0.6 is 11.3 Å². The summed E-state index contributed by atoms with van der Waals surface area (Å²) >= 11 is 1.49. The highest BCUT2D eigenvalue weighted by Crippen LogP contribution is 2.36. The minimum atomic E-state index is -3.75. The van der Waals surface area contributed by atoms with Gasteiger partial charge in [-0.25, -0.2) is 23.2 Å². The molecule has 0 radical (unpaired) electrons. The van der Waals surface area contributed by atoms with Gasteiger partial charge < -0.3 is 45.1 Å². The normalized spacial score (nSPS) is 16.9. The lowest BCUT2D eigenvalue weighted by Crippen LogP contribution is -2.53. The first-order chi connectivity index (χ1) is 31.9. The number of sulfonamides is 1. The molecule has 0 unspecified atom stereocenters. The molecule has 19 heteroatoms. The molecule has 2 aliphatic rings. The van der Waals surface area contributed by atoms with E-state index in [2.05, 4.69) is 26.0 Å². The van der Waals surface area contributed by atoms with E-state index in [1.54, 1.807) is 43.2 Å². The summed E-state index contributed by atoms with van der Waals surface area (Å²) in [4.78, 5) is 53.1. The number of anilines is 2. The van der Waals surface area contributed by atoms with Crippen LogP contribution < -0.4 is 35.5 Å². The predicted octanol–water partition coefficient (Wildman–Crippen LogP) is 7.43. The second kappa shape index (κ2) is 24.5. The fourth-order valence-corrected chi connectivity index (χ4v) is 10.2. The average molecular weight is 951 g/mol. The van der Waals surface area contributed by atoms with E-state index >= 15 is 0 Å². The number of rotatable bonds is 25. The molecular weight excluding hydrogens is 885 g/mol. The molecule has 1 aliphatic heterocycles. The quantitative estimate of drug-likeness (QED) is 0.0324. The summed E-state index contributed by atoms with van der Waals surface area (Å²) < 4.78 is 51.4. The van der Waals surface area contributed by atoms with Crippen LogP contribution in [0.3, 0.4) is 0 Å². The Hall–Kier alpha value is -5.24. The standard InChI is InChI=1S/C47H66N8O9S2/c1-6-48-44(56)41-26-34(63-42-27-39(40-29-65-46(53-40)51-31(3)4)52-38-25-33(61-5)22-23-35(38)42)28-55(41)45(57)37(54-47(58)64-32-17-12-13-18-32)20-11-9-8-10-16-24-49-36-19-14-15-21-43(36)66(59,60)50-30-62-7-2/h14-15,19,21-23,25,27,29,31-32,34,37,41,49-50H,6-13,16-18,20,24,26,28,30H2,1-5H3,(H,48,56)(H,51,53)(H,54,58)/t34-,37+,41+/m1/s1. The van der Waals surface area contributed by atoms with Gasteiger partial charge in [0.1, 0.15) is 53.1 Å². The van der Waals surface area contributed by atoms with Crippen molar-refractivity contribution in [2.45, 2.75) is 134 Å². The van der Waals surface area contributed by atoms with Gasteiger partial charge in [0.2, 0.25) is 21.8 Å². The largest absolute Gasteiger partial charge is 0.497 e. The van der Waals surface area contributed by atoms with Crippen molar-refractivity contribution in [1.29, 1.82) is 0 Å². The monoisotopic (exact) mass is 950 g/mol. The van der Waals surface area contributed by atoms with Gasteiger partial charge in [0.05, 0.1) is 30.6 Å². The Morgan fingerprint density at radius 1 is 0.939 bits per heavy atom. The zero-order valence-corrected chi connectivity index (χ0v) is 40.4. The number of ether oxygens (including phenoxy) is 4. The van der Waals surface area contributed by atoms with Crippen molar-refractivity contribution in [3.05, 3.63) is 53.9 Å². The summed E-state index contributed by atoms with van der Waals surface area (Å²) in [5.74, 6) is 0.504. The molecule has 1 saturated heterocycles. The molecule has 3 amide bonds. The Morgan fingerprint density at radius 3 is 2.47 bits per heavy atom. The molecule has 360 valence electrons. The number of alkyl carbamates (subject to hydrolysis) is 1. The molecule has 2 aromatic heterocycles. The summed E-state index contributed by atoms with van der Waals surface area (Å²) in [5, 5.41) is 15.8. The first-order valence-corrected chi connectivity index (χ1v) is 25.6. The van der Waals surface area contributed by atoms with Crippen molar-refractivity contribution in [3.63, 3.8) is 0 Å². The number of benzene rings is 2. The number of para-hydroxylation sites is 1. The molecule has 2 aromatic carbocycles. The highest BCUT2D eigenvalue weighted by molar-refractivity contribution is 7.89. The number of thiazole rings is 1. The van der Waals surface area contributed by atoms with Crippen LogP contribution in [0, 0.1) is 0 Å². The van der Waals surface area contributed by atoms with Gasteiger partial charge in [-0.05, 0) is 90.5 Å². The number of unbranched alkanes of at least 4 members (excludes halogenated alkanes) is 4. The topological polar surface area (TPSA) is 211 Å². The molecule has 1 aliphatic carbocycles. The van der Waals surface area contributed by atoms with E-state index in [1.165, 1.54) is 11.3 Å². The number of fused-ring (bicyclic) bond motifs is 1. The molecule has 3 atom stereocenters. The molecular formula is C47H66N8O9S2. The van der Waals surface area contributed by atoms with E-state index in [-0.39, 0.29) is 48.6 Å². The summed E-state index contributed by atoms with van der Waals surface area (Å²) in [7, 11) is -2.16. The van der Waals surface area contributed by atoms with Crippen LogP contribution in [0.5, 0.6) is 11.5 Å². The molecule has 1 saturated carbocycles. The average Bonchev–Trinajstić information content (AvgIpc) is 4.09. The molecule has 4 aromatic rings. The first-order valence-electron chi connectivity index (χ1n) is 23.2. The molecule has 0 spiro atoms. The minimum absolute atomic E-state index is 0.104. The Balaban J connectivity index is 1.12. The van der Waals surface area contributed by atoms with Crippen molar-refractivity contribution in [3.8, 4) is 22.9 Å². The zero-order chi connectivity index (χ0) is 47.1. The molecule has 0 bridgehead atoms. The van der Waals surface area contributed by atoms with Gasteiger partial charge in [0.15, 0.2) is 5.13 Å². The number of pyridine rings is 1. The molecule has 6 rings (SSSR count). The van der Waals surface area contributed by atoms with E-state index in [4.69, 9.17) is 28.9 Å². The molecule has 66 heavy (non-hydrogen) atoms. The number of carbonyl (C=O) groups is 3. The van der Waals surface area contributed by atoms with Crippen LogP contribution in [-0.4, -0.2) is 112 Å². The van der Waals surface area contributed by atoms with Gasteiger partial charge in [0, 0.05) is 55.1 Å². The molecule has 3 heterocycles. The number of nitrogens with one attached hydrogen (secondary N) is 5. The number of carbonyl (C=O) groups excluding carboxylic acids is 3. The van der Waals surface area contributed by atoms with Crippen molar-refractivity contribution >= 4 is 61.0 Å². The number of aromatic nitrogens is 2. The summed E-state index contributed by atoms with van der Waals surface area (Å²) in [6.45, 7) is 9.08. The van der Waals surface area contributed by atoms with Crippen molar-refractivity contribution in [1.82, 2.24) is 30.2 Å². The van der Waals surface area contributed by atoms with Crippen LogP contribution in [0.15, 0.2) is 58.8 Å². The maximum absolute atomic E-state index is 14.7. The van der Waals surface area contributed by atoms with Crippen molar-refractivity contribution < 1.29 is 41.7 Å². The third-order valence-corrected chi connectivity index (χ3v) is 13.7. The van der Waals surface area contributed by atoms with E-state index < -0.39 is 34.3 Å². The van der Waals surface area contributed by atoms with E-state index in [1.807, 2.05) is 50.4 Å². The maximum Gasteiger partial charge on any atom is 0.408 e. The third-order valence-electron chi connectivity index (χ3n) is 11.5. The lowest BCUT2D eigenvalue weighted by molar-refractivity contribution is -0.140. The molecule has 17 nitrogen and oxygen atoms in total. The summed E-state index contributed by atoms with van der Waals surface area (Å²) in [5.41, 5.74) is 2.44. The summed E-state index contributed by atoms with van der Waals surface area (Å²) in [6.07, 6.45) is 6.68. The Bertz CT molecular complexity index is 2340. The Kier molecular flexibility index (Phi) is 18.6. The number of methoxy groups -OCH3 is 1. The van der Waals surface area contributed by atoms with Gasteiger partial charge in [-0.3, -0.25) is 9.59 Å². The van der Waals surface area contributed by atoms with E-state index in [0.29, 0.717) is 66.6 Å². The van der Waals surface area contributed by atoms with Crippen molar-refractivity contribution in [2.24, 2.45) is 0 Å². The molecule has 2 fully saturated rings. The number of amides is 3. The molecule has 5 N–H and O–H groups in total. The first kappa shape index (κ1) is 50.2. The van der Waals surface area contributed by atoms with Crippen LogP contribution in [0.2, 0.25) is 0 Å². The van der Waals surface area contributed by atoms with E-state index in [9.17, 15) is 22.8 Å². The van der Waals surface area contributed by atoms with Gasteiger partial charge in [-0.2, -0.15) is 4.72 Å². The SMILES string of the molecule is CCNC(=O)[C@@H]1C[C@@H](Oc2cc(-c3csc(NC(C)C)n3)nc3cc(OC)ccc23)CN1C(=O)[C@H](CCCCCCCNc1ccccc1S(=O)(=O)NCOCC)NC(=O)OC1CCCC1. The van der Waals surface area contributed by atoms with E-state index in [0.717, 1.165) is 61.9 Å². The number of hydrogen-bond acceptors (Lipinski definition) is 14. The highest BCUT2D eigenvalue weighted by Gasteiger charge is 2.43. The predicted molar refractivity (Wildman–Crippen MR) is 256 cm³/mol. The minimum Gasteiger partial charge on any atom is -0.497 e. The van der Waals surface area contributed by atoms with Gasteiger partial charge in [0.25, 0.3) is 0 Å². The number of likely N-dealkylation sites (N-methyl/N-ethyl adjacent to an activating group) is 1. The fraction of sp³-hybridized carbons (Fsp3) is 0.553. The Morgan fingerprint density at radius 2 is 1.71 bits per heavy atom. The summed E-state index contributed by atoms with van der Waals surface area (Å²) in [6, 6.07) is 12.6. The lowest BCUT2D eigenvalue weighted by atomic mass is 10.0. The Labute approximate surface area is 392 Å². The van der Waals surface area contributed by atoms with Gasteiger partial charge in [-0.1, -0.05) is 37.8 Å². The van der Waals surface area contributed by atoms with Gasteiger partial charge in [-0.15, -0.1) is 11.3 Å². The third kappa shape index (κ3) is 13.9. The second-order valence-corrected chi connectivity index (χ2v) is 19.5. The smallest absolute Gasteiger partial charge is 0.408 e. The van der Waals surface area contributed by atoms with Crippen LogP contribution in [0.4, 0.5) is 15.6 Å². The zero-order valence-electron chi connectivity index (χ0n) is 38.7. The highest BCUT2D eigenvalue weighted by atomic mass is 32.2. The fourth-order valence-electron chi connectivity index (χ4n) is 8.25. The number of hydrogen-bond donors (Lipinski definition) is 5. The maximum atomic E-state index is 14.7. The number of nitrogens with zero attached hydrogens (tertiary/aromatic N) is 3. The van der Waals surface area contributed by atoms with Crippen molar-refractivity contribution in [2.75, 3.05) is 50.7 Å². The number of likely N-dealkylation sites (tertiary alicyclic amines) is 1. The van der Waals surface area contributed by atoms with Crippen LogP contribution in [-0.2, 0) is 29.1 Å². The van der Waals surface area contributed by atoms with Gasteiger partial charge >= 0.3 is 6.09 Å². The van der Waals surface area contributed by atoms with Crippen LogP contribution in [0.1, 0.15) is 98.3 Å². The lowest BCUT2D eigenvalue weighted by Gasteiger charge is -2.28.